The Morgan fingerprint density at radius 2 is 1.80 bits per heavy atom. The van der Waals surface area contributed by atoms with E-state index in [1.54, 1.807) is 22.9 Å². The minimum atomic E-state index is -0.361. The van der Waals surface area contributed by atoms with E-state index in [4.69, 9.17) is 0 Å². The normalized spacial score (nSPS) is 11.0. The van der Waals surface area contributed by atoms with E-state index in [-0.39, 0.29) is 11.7 Å². The van der Waals surface area contributed by atoms with Crippen LogP contribution in [0.15, 0.2) is 54.6 Å². The lowest BCUT2D eigenvalue weighted by Gasteiger charge is -2.13. The number of nitrogens with one attached hydrogen (secondary N) is 1. The predicted octanol–water partition coefficient (Wildman–Crippen LogP) is 4.49. The lowest BCUT2D eigenvalue weighted by atomic mass is 10.1. The molecule has 2 aromatic carbocycles. The van der Waals surface area contributed by atoms with Crippen molar-refractivity contribution in [2.45, 2.75) is 13.8 Å². The summed E-state index contributed by atoms with van der Waals surface area (Å²) >= 11 is 0. The molecule has 2 aromatic heterocycles. The molecular weight excluding hydrogens is 381 g/mol. The third-order valence-corrected chi connectivity index (χ3v) is 4.88. The highest BCUT2D eigenvalue weighted by Crippen LogP contribution is 2.26. The molecule has 0 aliphatic carbocycles. The molecule has 1 amide bonds. The van der Waals surface area contributed by atoms with Crippen LogP contribution in [-0.2, 0) is 0 Å². The van der Waals surface area contributed by atoms with E-state index in [1.807, 2.05) is 57.1 Å². The topological polar surface area (TPSA) is 63.1 Å². The van der Waals surface area contributed by atoms with Gasteiger partial charge in [-0.15, -0.1) is 0 Å². The summed E-state index contributed by atoms with van der Waals surface area (Å²) in [5.41, 5.74) is 4.62. The Morgan fingerprint density at radius 1 is 1.07 bits per heavy atom. The quantitative estimate of drug-likeness (QED) is 0.545. The molecule has 0 aliphatic heterocycles. The number of carbonyl (C=O) groups is 1. The number of hydrogen-bond acceptors (Lipinski definition) is 4. The molecule has 0 bridgehead atoms. The Bertz CT molecular complexity index is 1240. The van der Waals surface area contributed by atoms with Crippen LogP contribution in [0.1, 0.15) is 21.7 Å². The van der Waals surface area contributed by atoms with Gasteiger partial charge in [0.15, 0.2) is 5.65 Å². The van der Waals surface area contributed by atoms with E-state index >= 15 is 0 Å². The number of fused-ring (bicyclic) bond motifs is 1. The number of halogens is 1. The van der Waals surface area contributed by atoms with Crippen LogP contribution in [0, 0.1) is 19.7 Å². The van der Waals surface area contributed by atoms with Crippen molar-refractivity contribution < 1.29 is 9.18 Å². The third-order valence-electron chi connectivity index (χ3n) is 4.88. The zero-order chi connectivity index (χ0) is 21.4. The van der Waals surface area contributed by atoms with Gasteiger partial charge in [0.25, 0.3) is 5.91 Å². The Hall–Kier alpha value is -3.74. The van der Waals surface area contributed by atoms with Crippen molar-refractivity contribution in [1.29, 1.82) is 0 Å². The number of carbonyl (C=O) groups excluding carboxylic acids is 1. The zero-order valence-corrected chi connectivity index (χ0v) is 17.3. The van der Waals surface area contributed by atoms with Crippen LogP contribution < -0.4 is 10.2 Å². The van der Waals surface area contributed by atoms with Gasteiger partial charge < -0.3 is 10.2 Å². The number of aryl methyl sites for hydroxylation is 2. The number of hydrogen-bond donors (Lipinski definition) is 1. The van der Waals surface area contributed by atoms with Gasteiger partial charge in [0.1, 0.15) is 5.82 Å². The lowest BCUT2D eigenvalue weighted by Crippen LogP contribution is -2.14. The molecule has 4 aromatic rings. The van der Waals surface area contributed by atoms with E-state index in [0.29, 0.717) is 39.4 Å². The second-order valence-electron chi connectivity index (χ2n) is 7.38. The van der Waals surface area contributed by atoms with Crippen LogP contribution in [-0.4, -0.2) is 34.8 Å². The first-order valence-electron chi connectivity index (χ1n) is 9.55. The zero-order valence-electron chi connectivity index (χ0n) is 17.3. The van der Waals surface area contributed by atoms with Gasteiger partial charge in [-0.05, 0) is 62.4 Å². The monoisotopic (exact) mass is 403 g/mol. The van der Waals surface area contributed by atoms with Crippen LogP contribution in [0.3, 0.4) is 0 Å². The summed E-state index contributed by atoms with van der Waals surface area (Å²) in [6, 6.07) is 15.5. The summed E-state index contributed by atoms with van der Waals surface area (Å²) in [5, 5.41) is 8.12. The van der Waals surface area contributed by atoms with E-state index in [9.17, 15) is 9.18 Å². The Kier molecular flexibility index (Phi) is 4.95. The van der Waals surface area contributed by atoms with Crippen molar-refractivity contribution in [3.63, 3.8) is 0 Å². The van der Waals surface area contributed by atoms with E-state index in [1.165, 1.54) is 12.1 Å². The maximum atomic E-state index is 13.7. The highest BCUT2D eigenvalue weighted by molar-refractivity contribution is 6.12. The third kappa shape index (κ3) is 3.61. The first kappa shape index (κ1) is 19.6. The first-order chi connectivity index (χ1) is 14.3. The van der Waals surface area contributed by atoms with Crippen LogP contribution in [0.2, 0.25) is 0 Å². The van der Waals surface area contributed by atoms with Gasteiger partial charge in [-0.2, -0.15) is 5.10 Å². The fourth-order valence-electron chi connectivity index (χ4n) is 3.42. The van der Waals surface area contributed by atoms with Crippen molar-refractivity contribution in [1.82, 2.24) is 14.8 Å². The van der Waals surface area contributed by atoms with Crippen molar-refractivity contribution >= 4 is 28.3 Å². The Morgan fingerprint density at radius 3 is 2.47 bits per heavy atom. The van der Waals surface area contributed by atoms with Crippen LogP contribution >= 0.6 is 0 Å². The molecule has 0 aliphatic rings. The van der Waals surface area contributed by atoms with Gasteiger partial charge in [0, 0.05) is 31.2 Å². The number of rotatable bonds is 4. The second-order valence-corrected chi connectivity index (χ2v) is 7.38. The number of benzene rings is 2. The lowest BCUT2D eigenvalue weighted by molar-refractivity contribution is 0.102. The van der Waals surface area contributed by atoms with E-state index in [0.717, 1.165) is 5.69 Å². The minimum Gasteiger partial charge on any atom is -0.378 e. The summed E-state index contributed by atoms with van der Waals surface area (Å²) in [6.07, 6.45) is 0. The summed E-state index contributed by atoms with van der Waals surface area (Å²) in [5.74, 6) is -0.606. The van der Waals surface area contributed by atoms with Gasteiger partial charge in [0.05, 0.1) is 22.3 Å². The molecule has 0 saturated heterocycles. The fraction of sp³-hybridized carbons (Fsp3) is 0.174. The van der Waals surface area contributed by atoms with Crippen LogP contribution in [0.4, 0.5) is 15.8 Å². The SMILES string of the molecule is Cc1cc(C(=O)Nc2ccc(N(C)C)cc2)c2c(C)nn(-c3cccc(F)c3)c2n1. The largest absolute Gasteiger partial charge is 0.378 e. The van der Waals surface area contributed by atoms with Gasteiger partial charge in [0.2, 0.25) is 0 Å². The highest BCUT2D eigenvalue weighted by Gasteiger charge is 2.20. The van der Waals surface area contributed by atoms with Gasteiger partial charge in [-0.25, -0.2) is 14.1 Å². The molecular formula is C23H22FN5O. The maximum Gasteiger partial charge on any atom is 0.256 e. The molecule has 0 spiro atoms. The smallest absolute Gasteiger partial charge is 0.256 e. The maximum absolute atomic E-state index is 13.7. The van der Waals surface area contributed by atoms with Crippen molar-refractivity contribution in [3.8, 4) is 5.69 Å². The molecule has 30 heavy (non-hydrogen) atoms. The molecule has 152 valence electrons. The molecule has 7 heteroatoms. The van der Waals surface area contributed by atoms with Crippen molar-refractivity contribution in [2.24, 2.45) is 0 Å². The number of aromatic nitrogens is 3. The average Bonchev–Trinajstić information content (AvgIpc) is 3.04. The highest BCUT2D eigenvalue weighted by atomic mass is 19.1. The first-order valence-corrected chi connectivity index (χ1v) is 9.55. The second kappa shape index (κ2) is 7.59. The van der Waals surface area contributed by atoms with Crippen molar-refractivity contribution in [2.75, 3.05) is 24.3 Å². The molecule has 2 heterocycles. The molecule has 0 unspecified atom stereocenters. The summed E-state index contributed by atoms with van der Waals surface area (Å²) in [7, 11) is 3.92. The number of pyridine rings is 1. The Labute approximate surface area is 174 Å². The average molecular weight is 403 g/mol. The summed E-state index contributed by atoms with van der Waals surface area (Å²) in [6.45, 7) is 3.64. The summed E-state index contributed by atoms with van der Waals surface area (Å²) < 4.78 is 15.3. The van der Waals surface area contributed by atoms with Gasteiger partial charge in [-0.3, -0.25) is 4.79 Å². The molecule has 0 fully saturated rings. The van der Waals surface area contributed by atoms with E-state index < -0.39 is 0 Å². The predicted molar refractivity (Wildman–Crippen MR) is 117 cm³/mol. The molecule has 1 N–H and O–H groups in total. The number of anilines is 2. The van der Waals surface area contributed by atoms with E-state index in [2.05, 4.69) is 15.4 Å². The fourth-order valence-corrected chi connectivity index (χ4v) is 3.42. The standard InChI is InChI=1S/C23H22FN5O/c1-14-12-20(23(30)26-17-8-10-18(11-9-17)28(3)4)21-15(2)27-29(22(21)25-14)19-7-5-6-16(24)13-19/h5-13H,1-4H3,(H,26,30). The summed E-state index contributed by atoms with van der Waals surface area (Å²) in [4.78, 5) is 19.7. The minimum absolute atomic E-state index is 0.245. The molecule has 0 saturated carbocycles. The molecule has 0 radical (unpaired) electrons. The number of nitrogens with zero attached hydrogens (tertiary/aromatic N) is 4. The molecule has 0 atom stereocenters. The Balaban J connectivity index is 1.76. The molecule has 4 rings (SSSR count). The van der Waals surface area contributed by atoms with Gasteiger partial charge >= 0.3 is 0 Å². The van der Waals surface area contributed by atoms with Crippen LogP contribution in [0.5, 0.6) is 0 Å². The van der Waals surface area contributed by atoms with Crippen LogP contribution in [0.25, 0.3) is 16.7 Å². The van der Waals surface area contributed by atoms with Gasteiger partial charge in [-0.1, -0.05) is 6.07 Å². The van der Waals surface area contributed by atoms with Crippen molar-refractivity contribution in [3.05, 3.63) is 77.4 Å². The molecule has 6 nitrogen and oxygen atoms in total. The number of amides is 1.